The molecule has 1 N–H and O–H groups in total. The van der Waals surface area contributed by atoms with Gasteiger partial charge in [-0.3, -0.25) is 9.69 Å². The molecule has 0 unspecified atom stereocenters. The van der Waals surface area contributed by atoms with Crippen molar-refractivity contribution in [2.75, 3.05) is 13.1 Å². The summed E-state index contributed by atoms with van der Waals surface area (Å²) in [4.78, 5) is 17.1. The lowest BCUT2D eigenvalue weighted by atomic mass is 9.96. The summed E-state index contributed by atoms with van der Waals surface area (Å²) in [5, 5.41) is 10.4. The van der Waals surface area contributed by atoms with Crippen LogP contribution in [0.5, 0.6) is 0 Å². The Morgan fingerprint density at radius 1 is 1.36 bits per heavy atom. The number of hydrogen-bond donors (Lipinski definition) is 1. The SMILES string of the molecule is Cc1c(Cl)c(CN2C[C@@H](C(F)(F)F)[C@H](C(=O)O)C2)nc2ccccc12. The highest BCUT2D eigenvalue weighted by molar-refractivity contribution is 6.32. The molecule has 1 aromatic carbocycles. The minimum atomic E-state index is -4.55. The number of carbonyl (C=O) groups is 1. The Labute approximate surface area is 147 Å². The highest BCUT2D eigenvalue weighted by atomic mass is 35.5. The summed E-state index contributed by atoms with van der Waals surface area (Å²) >= 11 is 6.35. The Kier molecular flexibility index (Phi) is 4.64. The minimum absolute atomic E-state index is 0.0842. The number of aliphatic carboxylic acids is 1. The van der Waals surface area contributed by atoms with Crippen LogP contribution in [0.2, 0.25) is 5.02 Å². The molecule has 1 aromatic heterocycles. The van der Waals surface area contributed by atoms with E-state index in [1.165, 1.54) is 4.90 Å². The van der Waals surface area contributed by atoms with Gasteiger partial charge < -0.3 is 5.11 Å². The summed E-state index contributed by atoms with van der Waals surface area (Å²) in [6.07, 6.45) is -4.55. The number of aromatic nitrogens is 1. The van der Waals surface area contributed by atoms with Crippen LogP contribution in [0.1, 0.15) is 11.3 Å². The molecule has 1 aliphatic heterocycles. The first-order valence-corrected chi connectivity index (χ1v) is 8.12. The number of nitrogens with zero attached hydrogens (tertiary/aromatic N) is 2. The van der Waals surface area contributed by atoms with Gasteiger partial charge in [0.1, 0.15) is 0 Å². The van der Waals surface area contributed by atoms with Crippen LogP contribution >= 0.6 is 11.6 Å². The highest BCUT2D eigenvalue weighted by Crippen LogP contribution is 2.38. The van der Waals surface area contributed by atoms with Gasteiger partial charge in [0.25, 0.3) is 0 Å². The number of carboxylic acid groups (broad SMARTS) is 1. The summed E-state index contributed by atoms with van der Waals surface area (Å²) in [5.41, 5.74) is 1.98. The van der Waals surface area contributed by atoms with E-state index in [2.05, 4.69) is 4.98 Å². The van der Waals surface area contributed by atoms with Crippen molar-refractivity contribution in [2.45, 2.75) is 19.6 Å². The first-order valence-electron chi connectivity index (χ1n) is 7.74. The van der Waals surface area contributed by atoms with Crippen molar-refractivity contribution in [1.29, 1.82) is 0 Å². The van der Waals surface area contributed by atoms with Gasteiger partial charge in [0.2, 0.25) is 0 Å². The van der Waals surface area contributed by atoms with Crippen molar-refractivity contribution in [3.63, 3.8) is 0 Å². The number of carboxylic acids is 1. The first-order chi connectivity index (χ1) is 11.7. The molecule has 2 heterocycles. The second-order valence-electron chi connectivity index (χ2n) is 6.30. The minimum Gasteiger partial charge on any atom is -0.481 e. The largest absolute Gasteiger partial charge is 0.481 e. The number of aryl methyl sites for hydroxylation is 1. The Morgan fingerprint density at radius 2 is 2.04 bits per heavy atom. The van der Waals surface area contributed by atoms with Gasteiger partial charge in [-0.15, -0.1) is 0 Å². The van der Waals surface area contributed by atoms with Crippen LogP contribution in [0.15, 0.2) is 24.3 Å². The molecular formula is C17H16ClF3N2O2. The molecule has 0 aliphatic carbocycles. The molecule has 8 heteroatoms. The summed E-state index contributed by atoms with van der Waals surface area (Å²) in [5.74, 6) is -4.79. The van der Waals surface area contributed by atoms with Crippen LogP contribution in [0.3, 0.4) is 0 Å². The second-order valence-corrected chi connectivity index (χ2v) is 6.68. The van der Waals surface area contributed by atoms with E-state index in [0.717, 1.165) is 10.9 Å². The van der Waals surface area contributed by atoms with E-state index in [0.29, 0.717) is 16.2 Å². The summed E-state index contributed by atoms with van der Waals surface area (Å²) in [7, 11) is 0. The molecule has 0 amide bonds. The Bertz CT molecular complexity index is 825. The van der Waals surface area contributed by atoms with Crippen molar-refractivity contribution >= 4 is 28.5 Å². The third-order valence-electron chi connectivity index (χ3n) is 4.65. The monoisotopic (exact) mass is 372 g/mol. The predicted molar refractivity (Wildman–Crippen MR) is 87.4 cm³/mol. The maximum Gasteiger partial charge on any atom is 0.393 e. The van der Waals surface area contributed by atoms with Gasteiger partial charge in [-0.25, -0.2) is 4.98 Å². The maximum atomic E-state index is 13.1. The van der Waals surface area contributed by atoms with E-state index in [1.54, 1.807) is 0 Å². The molecule has 134 valence electrons. The van der Waals surface area contributed by atoms with Crippen molar-refractivity contribution in [3.05, 3.63) is 40.5 Å². The van der Waals surface area contributed by atoms with Crippen molar-refractivity contribution in [2.24, 2.45) is 11.8 Å². The van der Waals surface area contributed by atoms with Crippen molar-refractivity contribution in [3.8, 4) is 0 Å². The number of hydrogen-bond acceptors (Lipinski definition) is 3. The number of para-hydroxylation sites is 1. The van der Waals surface area contributed by atoms with Gasteiger partial charge in [0.15, 0.2) is 0 Å². The van der Waals surface area contributed by atoms with Gasteiger partial charge in [-0.1, -0.05) is 29.8 Å². The smallest absolute Gasteiger partial charge is 0.393 e. The van der Waals surface area contributed by atoms with Crippen LogP contribution < -0.4 is 0 Å². The zero-order valence-electron chi connectivity index (χ0n) is 13.3. The van der Waals surface area contributed by atoms with Gasteiger partial charge in [-0.05, 0) is 18.6 Å². The Balaban J connectivity index is 1.89. The number of fused-ring (bicyclic) bond motifs is 1. The third-order valence-corrected chi connectivity index (χ3v) is 5.15. The zero-order valence-corrected chi connectivity index (χ0v) is 14.1. The molecule has 1 aliphatic rings. The average molecular weight is 373 g/mol. The quantitative estimate of drug-likeness (QED) is 0.888. The average Bonchev–Trinajstić information content (AvgIpc) is 2.97. The van der Waals surface area contributed by atoms with E-state index in [9.17, 15) is 18.0 Å². The molecular weight excluding hydrogens is 357 g/mol. The third kappa shape index (κ3) is 3.43. The van der Waals surface area contributed by atoms with Gasteiger partial charge in [0.05, 0.1) is 28.1 Å². The van der Waals surface area contributed by atoms with Crippen LogP contribution in [0.4, 0.5) is 13.2 Å². The lowest BCUT2D eigenvalue weighted by Gasteiger charge is -2.19. The lowest BCUT2D eigenvalue weighted by Crippen LogP contribution is -2.33. The fourth-order valence-corrected chi connectivity index (χ4v) is 3.53. The fourth-order valence-electron chi connectivity index (χ4n) is 3.33. The van der Waals surface area contributed by atoms with Crippen LogP contribution in [0, 0.1) is 18.8 Å². The van der Waals surface area contributed by atoms with E-state index < -0.39 is 24.0 Å². The number of rotatable bonds is 3. The van der Waals surface area contributed by atoms with E-state index in [-0.39, 0.29) is 19.6 Å². The highest BCUT2D eigenvalue weighted by Gasteiger charge is 2.52. The van der Waals surface area contributed by atoms with Gasteiger partial charge in [0, 0.05) is 25.0 Å². The molecule has 0 bridgehead atoms. The summed E-state index contributed by atoms with van der Waals surface area (Å²) in [6.45, 7) is 1.37. The summed E-state index contributed by atoms with van der Waals surface area (Å²) in [6, 6.07) is 7.37. The number of alkyl halides is 3. The normalized spacial score (nSPS) is 21.8. The van der Waals surface area contributed by atoms with Crippen LogP contribution in [0.25, 0.3) is 10.9 Å². The molecule has 1 saturated heterocycles. The number of halogens is 4. The lowest BCUT2D eigenvalue weighted by molar-refractivity contribution is -0.188. The topological polar surface area (TPSA) is 53.4 Å². The molecule has 0 radical (unpaired) electrons. The van der Waals surface area contributed by atoms with Gasteiger partial charge >= 0.3 is 12.1 Å². The van der Waals surface area contributed by atoms with E-state index >= 15 is 0 Å². The molecule has 25 heavy (non-hydrogen) atoms. The second kappa shape index (κ2) is 6.46. The van der Waals surface area contributed by atoms with Crippen molar-refractivity contribution in [1.82, 2.24) is 9.88 Å². The van der Waals surface area contributed by atoms with Crippen molar-refractivity contribution < 1.29 is 23.1 Å². The molecule has 1 fully saturated rings. The number of pyridine rings is 1. The predicted octanol–water partition coefficient (Wildman–Crippen LogP) is 3.89. The summed E-state index contributed by atoms with van der Waals surface area (Å²) < 4.78 is 39.3. The Morgan fingerprint density at radius 3 is 2.64 bits per heavy atom. The number of benzene rings is 1. The van der Waals surface area contributed by atoms with E-state index in [4.69, 9.17) is 16.7 Å². The molecule has 0 saturated carbocycles. The molecule has 4 nitrogen and oxygen atoms in total. The van der Waals surface area contributed by atoms with Crippen LogP contribution in [-0.4, -0.2) is 40.2 Å². The Hall–Kier alpha value is -1.86. The standard InChI is InChI=1S/C17H16ClF3N2O2/c1-9-10-4-2-3-5-13(10)22-14(15(9)18)8-23-6-11(16(24)25)12(7-23)17(19,20)21/h2-5,11-12H,6-8H2,1H3,(H,24,25)/t11-,12-/m1/s1. The fraction of sp³-hybridized carbons (Fsp3) is 0.412. The zero-order chi connectivity index (χ0) is 18.4. The van der Waals surface area contributed by atoms with E-state index in [1.807, 2.05) is 31.2 Å². The molecule has 3 rings (SSSR count). The first kappa shape index (κ1) is 17.9. The molecule has 2 aromatic rings. The molecule has 0 spiro atoms. The maximum absolute atomic E-state index is 13.1. The number of likely N-dealkylation sites (tertiary alicyclic amines) is 1. The van der Waals surface area contributed by atoms with Crippen LogP contribution in [-0.2, 0) is 11.3 Å². The van der Waals surface area contributed by atoms with Gasteiger partial charge in [-0.2, -0.15) is 13.2 Å². The molecule has 2 atom stereocenters.